The molecule has 2 aliphatic rings. The molecule has 0 bridgehead atoms. The van der Waals surface area contributed by atoms with Crippen molar-refractivity contribution in [3.63, 3.8) is 0 Å². The molecule has 1 saturated heterocycles. The van der Waals surface area contributed by atoms with Gasteiger partial charge in [-0.05, 0) is 31.8 Å². The normalized spacial score (nSPS) is 27.1. The lowest BCUT2D eigenvalue weighted by atomic mass is 10.0. The van der Waals surface area contributed by atoms with Crippen LogP contribution >= 0.6 is 0 Å². The number of amides is 2. The Kier molecular flexibility index (Phi) is 4.76. The highest BCUT2D eigenvalue weighted by atomic mass is 16.6. The summed E-state index contributed by atoms with van der Waals surface area (Å²) >= 11 is 0. The van der Waals surface area contributed by atoms with Crippen LogP contribution in [0.2, 0.25) is 0 Å². The van der Waals surface area contributed by atoms with E-state index in [4.69, 9.17) is 10.5 Å². The molecule has 1 aliphatic heterocycles. The van der Waals surface area contributed by atoms with E-state index < -0.39 is 6.09 Å². The van der Waals surface area contributed by atoms with Gasteiger partial charge in [-0.15, -0.1) is 0 Å². The average Bonchev–Trinajstić information content (AvgIpc) is 3.03. The number of rotatable bonds is 5. The number of nitrogens with zero attached hydrogens (tertiary/aromatic N) is 2. The predicted molar refractivity (Wildman–Crippen MR) is 70.5 cm³/mol. The van der Waals surface area contributed by atoms with Crippen LogP contribution in [-0.2, 0) is 9.53 Å². The molecule has 19 heavy (non-hydrogen) atoms. The number of hydrogen-bond donors (Lipinski definition) is 1. The van der Waals surface area contributed by atoms with Crippen molar-refractivity contribution in [3.05, 3.63) is 0 Å². The Morgan fingerprint density at radius 3 is 2.89 bits per heavy atom. The first kappa shape index (κ1) is 14.3. The van der Waals surface area contributed by atoms with Gasteiger partial charge in [0.2, 0.25) is 5.91 Å². The molecule has 2 unspecified atom stereocenters. The minimum absolute atomic E-state index is 0.160. The second-order valence-electron chi connectivity index (χ2n) is 5.22. The van der Waals surface area contributed by atoms with Gasteiger partial charge in [0.15, 0.2) is 0 Å². The first-order chi connectivity index (χ1) is 9.17. The SMILES string of the molecule is CCN(CC(=O)N1CCOC1=O)C1CCCC1CN. The average molecular weight is 269 g/mol. The van der Waals surface area contributed by atoms with Gasteiger partial charge in [0, 0.05) is 6.04 Å². The van der Waals surface area contributed by atoms with E-state index >= 15 is 0 Å². The van der Waals surface area contributed by atoms with Crippen molar-refractivity contribution in [2.24, 2.45) is 11.7 Å². The van der Waals surface area contributed by atoms with Gasteiger partial charge in [0.05, 0.1) is 13.1 Å². The maximum Gasteiger partial charge on any atom is 0.416 e. The maximum atomic E-state index is 12.1. The molecule has 1 saturated carbocycles. The Bertz CT molecular complexity index is 348. The summed E-state index contributed by atoms with van der Waals surface area (Å²) in [5, 5.41) is 0. The summed E-state index contributed by atoms with van der Waals surface area (Å²) in [4.78, 5) is 26.9. The number of nitrogens with two attached hydrogens (primary N) is 1. The molecular weight excluding hydrogens is 246 g/mol. The number of ether oxygens (including phenoxy) is 1. The van der Waals surface area contributed by atoms with Crippen LogP contribution in [0, 0.1) is 5.92 Å². The topological polar surface area (TPSA) is 75.9 Å². The Hall–Kier alpha value is -1.14. The van der Waals surface area contributed by atoms with Gasteiger partial charge in [-0.3, -0.25) is 9.69 Å². The summed E-state index contributed by atoms with van der Waals surface area (Å²) < 4.78 is 4.80. The molecule has 108 valence electrons. The van der Waals surface area contributed by atoms with Gasteiger partial charge in [-0.2, -0.15) is 0 Å². The molecule has 2 N–H and O–H groups in total. The summed E-state index contributed by atoms with van der Waals surface area (Å²) in [5.74, 6) is 0.310. The molecule has 0 aromatic heterocycles. The molecule has 1 aliphatic carbocycles. The minimum atomic E-state index is -0.511. The number of carbonyl (C=O) groups excluding carboxylic acids is 2. The van der Waals surface area contributed by atoms with Crippen molar-refractivity contribution in [2.75, 3.05) is 32.8 Å². The molecule has 6 heteroatoms. The Morgan fingerprint density at radius 1 is 1.53 bits per heavy atom. The molecule has 0 aromatic carbocycles. The molecule has 0 aromatic rings. The lowest BCUT2D eigenvalue weighted by Crippen LogP contribution is -2.47. The fraction of sp³-hybridized carbons (Fsp3) is 0.846. The van der Waals surface area contributed by atoms with Crippen LogP contribution in [0.1, 0.15) is 26.2 Å². The van der Waals surface area contributed by atoms with Gasteiger partial charge in [0.25, 0.3) is 0 Å². The summed E-state index contributed by atoms with van der Waals surface area (Å²) in [5.41, 5.74) is 5.80. The van der Waals surface area contributed by atoms with E-state index in [1.807, 2.05) is 6.92 Å². The summed E-state index contributed by atoms with van der Waals surface area (Å²) in [6.07, 6.45) is 2.89. The molecule has 2 atom stereocenters. The molecule has 2 rings (SSSR count). The molecule has 2 amide bonds. The second kappa shape index (κ2) is 6.34. The van der Waals surface area contributed by atoms with E-state index in [1.54, 1.807) is 0 Å². The third-order valence-electron chi connectivity index (χ3n) is 4.20. The molecule has 6 nitrogen and oxygen atoms in total. The zero-order valence-corrected chi connectivity index (χ0v) is 11.5. The van der Waals surface area contributed by atoms with Crippen molar-refractivity contribution in [1.82, 2.24) is 9.80 Å². The highest BCUT2D eigenvalue weighted by Gasteiger charge is 2.34. The number of imide groups is 1. The van der Waals surface area contributed by atoms with Crippen LogP contribution in [0.15, 0.2) is 0 Å². The lowest BCUT2D eigenvalue weighted by Gasteiger charge is -2.31. The second-order valence-corrected chi connectivity index (χ2v) is 5.22. The molecular formula is C13H23N3O3. The fourth-order valence-corrected chi connectivity index (χ4v) is 3.12. The molecule has 0 radical (unpaired) electrons. The van der Waals surface area contributed by atoms with E-state index in [-0.39, 0.29) is 12.5 Å². The van der Waals surface area contributed by atoms with Crippen LogP contribution < -0.4 is 5.73 Å². The lowest BCUT2D eigenvalue weighted by molar-refractivity contribution is -0.129. The first-order valence-corrected chi connectivity index (χ1v) is 7.08. The zero-order chi connectivity index (χ0) is 13.8. The molecule has 1 heterocycles. The first-order valence-electron chi connectivity index (χ1n) is 7.08. The summed E-state index contributed by atoms with van der Waals surface area (Å²) in [6, 6.07) is 0.373. The Morgan fingerprint density at radius 2 is 2.32 bits per heavy atom. The number of carbonyl (C=O) groups is 2. The van der Waals surface area contributed by atoms with Gasteiger partial charge in [0.1, 0.15) is 6.61 Å². The number of hydrogen-bond acceptors (Lipinski definition) is 5. The van der Waals surface area contributed by atoms with Gasteiger partial charge in [-0.25, -0.2) is 9.69 Å². The highest BCUT2D eigenvalue weighted by Crippen LogP contribution is 2.29. The van der Waals surface area contributed by atoms with E-state index in [9.17, 15) is 9.59 Å². The molecule has 2 fully saturated rings. The fourth-order valence-electron chi connectivity index (χ4n) is 3.12. The van der Waals surface area contributed by atoms with Crippen molar-refractivity contribution in [3.8, 4) is 0 Å². The van der Waals surface area contributed by atoms with Crippen LogP contribution in [0.4, 0.5) is 4.79 Å². The Balaban J connectivity index is 1.95. The highest BCUT2D eigenvalue weighted by molar-refractivity contribution is 5.94. The van der Waals surface area contributed by atoms with E-state index in [2.05, 4.69) is 4.90 Å². The van der Waals surface area contributed by atoms with Crippen molar-refractivity contribution in [1.29, 1.82) is 0 Å². The largest absolute Gasteiger partial charge is 0.447 e. The predicted octanol–water partition coefficient (Wildman–Crippen LogP) is 0.415. The van der Waals surface area contributed by atoms with E-state index in [0.29, 0.717) is 31.7 Å². The third-order valence-corrected chi connectivity index (χ3v) is 4.20. The standard InChI is InChI=1S/C13H23N3O3/c1-2-15(11-5-3-4-10(11)8-14)9-12(17)16-6-7-19-13(16)18/h10-11H,2-9,14H2,1H3. The zero-order valence-electron chi connectivity index (χ0n) is 11.5. The van der Waals surface area contributed by atoms with Crippen molar-refractivity contribution >= 4 is 12.0 Å². The van der Waals surface area contributed by atoms with Gasteiger partial charge >= 0.3 is 6.09 Å². The number of cyclic esters (lactones) is 1. The Labute approximate surface area is 113 Å². The van der Waals surface area contributed by atoms with Gasteiger partial charge in [-0.1, -0.05) is 13.3 Å². The quantitative estimate of drug-likeness (QED) is 0.782. The van der Waals surface area contributed by atoms with Crippen molar-refractivity contribution in [2.45, 2.75) is 32.2 Å². The smallest absolute Gasteiger partial charge is 0.416 e. The summed E-state index contributed by atoms with van der Waals surface area (Å²) in [7, 11) is 0. The van der Waals surface area contributed by atoms with E-state index in [1.165, 1.54) is 11.3 Å². The van der Waals surface area contributed by atoms with Crippen LogP contribution in [0.3, 0.4) is 0 Å². The van der Waals surface area contributed by atoms with Crippen LogP contribution in [0.5, 0.6) is 0 Å². The monoisotopic (exact) mass is 269 g/mol. The van der Waals surface area contributed by atoms with Crippen LogP contribution in [0.25, 0.3) is 0 Å². The maximum absolute atomic E-state index is 12.1. The van der Waals surface area contributed by atoms with Crippen molar-refractivity contribution < 1.29 is 14.3 Å². The van der Waals surface area contributed by atoms with E-state index in [0.717, 1.165) is 19.4 Å². The van der Waals surface area contributed by atoms with Crippen LogP contribution in [-0.4, -0.2) is 60.6 Å². The minimum Gasteiger partial charge on any atom is -0.447 e. The molecule has 0 spiro atoms. The summed E-state index contributed by atoms with van der Waals surface area (Å²) in [6.45, 7) is 4.48. The third kappa shape index (κ3) is 3.06. The van der Waals surface area contributed by atoms with Gasteiger partial charge < -0.3 is 10.5 Å². The number of likely N-dealkylation sites (N-methyl/N-ethyl adjacent to an activating group) is 1.